The quantitative estimate of drug-likeness (QED) is 0.249. The van der Waals surface area contributed by atoms with Gasteiger partial charge in [-0.1, -0.05) is 69.1 Å². The number of benzene rings is 1. The summed E-state index contributed by atoms with van der Waals surface area (Å²) in [6.07, 6.45) is 6.51. The number of halogens is 2. The van der Waals surface area contributed by atoms with Crippen LogP contribution in [-0.4, -0.2) is 51.3 Å². The van der Waals surface area contributed by atoms with Crippen molar-refractivity contribution < 1.29 is 22.8 Å². The minimum Gasteiger partial charge on any atom is -0.543 e. The van der Waals surface area contributed by atoms with Crippen LogP contribution in [0.1, 0.15) is 105 Å². The first-order valence-electron chi connectivity index (χ1n) is 17.1. The summed E-state index contributed by atoms with van der Waals surface area (Å²) in [6.45, 7) is 29.7. The van der Waals surface area contributed by atoms with Crippen LogP contribution in [-0.2, 0) is 27.6 Å². The molecule has 2 aliphatic rings. The molecule has 264 valence electrons. The van der Waals surface area contributed by atoms with Crippen LogP contribution in [0.2, 0.25) is 41.3 Å². The first-order chi connectivity index (χ1) is 21.3. The maximum Gasteiger partial charge on any atom is 0.410 e. The average molecular weight is 770 g/mol. The SMILES string of the molecule is CC(C)(C)OC(=O)N1CCCC2(C1)CC(O[Si](C)(C)C(C)(C)C)(c1ncc(CCc3c(Cl)cc(O[Si](C)(C)C(C)(C)C)cc3Br)o1)C2. The van der Waals surface area contributed by atoms with E-state index in [1.54, 1.807) is 0 Å². The highest BCUT2D eigenvalue weighted by Crippen LogP contribution is 2.62. The summed E-state index contributed by atoms with van der Waals surface area (Å²) >= 11 is 10.6. The summed E-state index contributed by atoms with van der Waals surface area (Å²) in [5, 5.41) is 0.796. The van der Waals surface area contributed by atoms with Gasteiger partial charge in [0.2, 0.25) is 14.2 Å². The zero-order valence-corrected chi connectivity index (χ0v) is 35.4. The molecule has 1 aliphatic heterocycles. The summed E-state index contributed by atoms with van der Waals surface area (Å²) in [6, 6.07) is 3.97. The molecule has 1 aliphatic carbocycles. The van der Waals surface area contributed by atoms with Crippen LogP contribution in [0.15, 0.2) is 27.2 Å². The van der Waals surface area contributed by atoms with Gasteiger partial charge in [-0.2, -0.15) is 0 Å². The minimum atomic E-state index is -2.19. The predicted octanol–water partition coefficient (Wildman–Crippen LogP) is 11.3. The third-order valence-electron chi connectivity index (χ3n) is 10.7. The highest BCUT2D eigenvalue weighted by Gasteiger charge is 2.62. The van der Waals surface area contributed by atoms with Crippen molar-refractivity contribution in [3.05, 3.63) is 45.0 Å². The number of rotatable bonds is 8. The third kappa shape index (κ3) is 8.70. The number of carbonyl (C=O) groups is 1. The van der Waals surface area contributed by atoms with Crippen molar-refractivity contribution in [2.45, 2.75) is 148 Å². The summed E-state index contributed by atoms with van der Waals surface area (Å²) < 4.78 is 27.0. The van der Waals surface area contributed by atoms with Crippen LogP contribution in [0.3, 0.4) is 0 Å². The lowest BCUT2D eigenvalue weighted by Gasteiger charge is -2.60. The Morgan fingerprint density at radius 2 is 1.62 bits per heavy atom. The fraction of sp³-hybridized carbons (Fsp3) is 0.722. The average Bonchev–Trinajstić information content (AvgIpc) is 3.34. The highest BCUT2D eigenvalue weighted by molar-refractivity contribution is 9.10. The summed E-state index contributed by atoms with van der Waals surface area (Å²) in [5.41, 5.74) is -0.157. The van der Waals surface area contributed by atoms with E-state index in [1.807, 2.05) is 44.0 Å². The van der Waals surface area contributed by atoms with Crippen molar-refractivity contribution in [2.24, 2.45) is 5.41 Å². The van der Waals surface area contributed by atoms with Crippen molar-refractivity contribution in [2.75, 3.05) is 13.1 Å². The van der Waals surface area contributed by atoms with E-state index in [4.69, 9.17) is 34.6 Å². The number of hydrogen-bond donors (Lipinski definition) is 0. The molecule has 2 heterocycles. The molecule has 1 aromatic carbocycles. The van der Waals surface area contributed by atoms with Gasteiger partial charge in [0.25, 0.3) is 0 Å². The number of hydrogen-bond acceptors (Lipinski definition) is 6. The van der Waals surface area contributed by atoms with E-state index in [9.17, 15) is 4.79 Å². The van der Waals surface area contributed by atoms with Crippen LogP contribution in [0.25, 0.3) is 0 Å². The van der Waals surface area contributed by atoms with Crippen LogP contribution >= 0.6 is 27.5 Å². The number of piperidine rings is 1. The Balaban J connectivity index is 1.53. The second kappa shape index (κ2) is 13.1. The Hall–Kier alpha value is -1.34. The molecule has 1 aromatic heterocycles. The van der Waals surface area contributed by atoms with Crippen molar-refractivity contribution in [1.29, 1.82) is 0 Å². The van der Waals surface area contributed by atoms with Gasteiger partial charge in [0, 0.05) is 29.0 Å². The number of nitrogens with zero attached hydrogens (tertiary/aromatic N) is 2. The fourth-order valence-corrected chi connectivity index (χ4v) is 9.84. The van der Waals surface area contributed by atoms with Crippen LogP contribution < -0.4 is 4.43 Å². The van der Waals surface area contributed by atoms with E-state index in [1.165, 1.54) is 0 Å². The van der Waals surface area contributed by atoms with Gasteiger partial charge in [-0.15, -0.1) is 0 Å². The minimum absolute atomic E-state index is 0.0246. The highest BCUT2D eigenvalue weighted by atomic mass is 79.9. The van der Waals surface area contributed by atoms with E-state index in [0.29, 0.717) is 30.3 Å². The second-order valence-electron chi connectivity index (χ2n) is 18.1. The van der Waals surface area contributed by atoms with E-state index in [0.717, 1.165) is 53.8 Å². The second-order valence-corrected chi connectivity index (χ2v) is 28.8. The number of oxazole rings is 1. The Bertz CT molecular complexity index is 1430. The number of carbonyl (C=O) groups excluding carboxylic acids is 1. The third-order valence-corrected chi connectivity index (χ3v) is 20.7. The van der Waals surface area contributed by atoms with Gasteiger partial charge in [-0.25, -0.2) is 9.78 Å². The molecule has 0 radical (unpaired) electrons. The van der Waals surface area contributed by atoms with E-state index in [-0.39, 0.29) is 21.6 Å². The molecule has 2 aromatic rings. The molecule has 1 spiro atoms. The zero-order chi connectivity index (χ0) is 35.4. The number of amides is 1. The number of ether oxygens (including phenoxy) is 1. The van der Waals surface area contributed by atoms with Crippen molar-refractivity contribution >= 4 is 50.3 Å². The Kier molecular flexibility index (Phi) is 10.7. The Morgan fingerprint density at radius 3 is 2.17 bits per heavy atom. The predicted molar refractivity (Wildman–Crippen MR) is 200 cm³/mol. The molecule has 47 heavy (non-hydrogen) atoms. The maximum atomic E-state index is 13.0. The smallest absolute Gasteiger partial charge is 0.410 e. The molecule has 4 rings (SSSR count). The van der Waals surface area contributed by atoms with Crippen LogP contribution in [0.4, 0.5) is 4.79 Å². The van der Waals surface area contributed by atoms with E-state index in [2.05, 4.69) is 83.7 Å². The number of aromatic nitrogens is 1. The molecule has 0 bridgehead atoms. The molecular formula is C36H58BrClN2O5Si2. The van der Waals surface area contributed by atoms with Crippen molar-refractivity contribution in [3.63, 3.8) is 0 Å². The van der Waals surface area contributed by atoms with Gasteiger partial charge in [0.05, 0.1) is 6.20 Å². The molecule has 1 saturated carbocycles. The molecule has 2 fully saturated rings. The lowest BCUT2D eigenvalue weighted by molar-refractivity contribution is -0.160. The van der Waals surface area contributed by atoms with E-state index < -0.39 is 27.8 Å². The Morgan fingerprint density at radius 1 is 1.00 bits per heavy atom. The number of likely N-dealkylation sites (tertiary alicyclic amines) is 1. The standard InChI is InChI=1S/C36H58BrClN2O5Si2/c1-32(2,3)43-31(41)40-18-14-17-35(24-40)22-36(23-35,45-47(12,13)34(7,8)9)30-39-21-25(42-30)15-16-27-28(37)19-26(20-29(27)38)44-46(10,11)33(4,5)6/h19-21H,14-18,22-24H2,1-13H3. The molecular weight excluding hydrogens is 712 g/mol. The van der Waals surface area contributed by atoms with Gasteiger partial charge in [-0.05, 0) is 112 Å². The van der Waals surface area contributed by atoms with Gasteiger partial charge >= 0.3 is 6.09 Å². The molecule has 7 nitrogen and oxygen atoms in total. The largest absolute Gasteiger partial charge is 0.543 e. The molecule has 11 heteroatoms. The first-order valence-corrected chi connectivity index (χ1v) is 24.1. The van der Waals surface area contributed by atoms with Gasteiger partial charge in [0.15, 0.2) is 8.32 Å². The maximum absolute atomic E-state index is 13.0. The normalized spacial score (nSPS) is 22.7. The van der Waals surface area contributed by atoms with Crippen molar-refractivity contribution in [3.8, 4) is 5.75 Å². The lowest BCUT2D eigenvalue weighted by Crippen LogP contribution is -2.62. The molecule has 0 atom stereocenters. The Labute approximate surface area is 299 Å². The van der Waals surface area contributed by atoms with Crippen molar-refractivity contribution in [1.82, 2.24) is 9.88 Å². The first kappa shape index (κ1) is 38.5. The summed E-state index contributed by atoms with van der Waals surface area (Å²) in [5.74, 6) is 2.26. The lowest BCUT2D eigenvalue weighted by atomic mass is 9.56. The molecule has 1 amide bonds. The van der Waals surface area contributed by atoms with Crippen LogP contribution in [0, 0.1) is 5.41 Å². The molecule has 1 saturated heterocycles. The monoisotopic (exact) mass is 768 g/mol. The van der Waals surface area contributed by atoms with Crippen LogP contribution in [0.5, 0.6) is 5.75 Å². The molecule has 0 unspecified atom stereocenters. The van der Waals surface area contributed by atoms with E-state index >= 15 is 0 Å². The summed E-state index contributed by atoms with van der Waals surface area (Å²) in [4.78, 5) is 19.8. The fourth-order valence-electron chi connectivity index (χ4n) is 6.25. The zero-order valence-electron chi connectivity index (χ0n) is 31.1. The van der Waals surface area contributed by atoms with Gasteiger partial charge < -0.3 is 22.9 Å². The van der Waals surface area contributed by atoms with Gasteiger partial charge in [0.1, 0.15) is 22.7 Å². The summed E-state index contributed by atoms with van der Waals surface area (Å²) in [7, 11) is -4.19. The number of aryl methyl sites for hydroxylation is 1. The topological polar surface area (TPSA) is 74.0 Å². The molecule has 0 N–H and O–H groups in total. The van der Waals surface area contributed by atoms with Gasteiger partial charge in [-0.3, -0.25) is 0 Å².